The smallest absolute Gasteiger partial charge is 0.408 e. The lowest BCUT2D eigenvalue weighted by molar-refractivity contribution is 0.269. The molecule has 0 spiro atoms. The predicted octanol–water partition coefficient (Wildman–Crippen LogP) is 0.774. The average Bonchev–Trinajstić information content (AvgIpc) is 2.62. The van der Waals surface area contributed by atoms with E-state index < -0.39 is 0 Å². The SMILES string of the molecule is CNC(CCO)c1ccc2oc(=O)n(C)c2c1. The number of oxazole rings is 1. The fourth-order valence-electron chi connectivity index (χ4n) is 1.97. The lowest BCUT2D eigenvalue weighted by Gasteiger charge is -2.15. The molecule has 2 rings (SSSR count). The first-order valence-electron chi connectivity index (χ1n) is 5.55. The second-order valence-corrected chi connectivity index (χ2v) is 4.01. The number of hydrogen-bond donors (Lipinski definition) is 2. The van der Waals surface area contributed by atoms with E-state index in [0.717, 1.165) is 11.1 Å². The Morgan fingerprint density at radius 2 is 2.29 bits per heavy atom. The van der Waals surface area contributed by atoms with Crippen molar-refractivity contribution in [1.82, 2.24) is 9.88 Å². The number of nitrogens with zero attached hydrogens (tertiary/aromatic N) is 1. The van der Waals surface area contributed by atoms with Gasteiger partial charge in [0.15, 0.2) is 5.58 Å². The van der Waals surface area contributed by atoms with Crippen molar-refractivity contribution in [2.75, 3.05) is 13.7 Å². The molecule has 0 bridgehead atoms. The quantitative estimate of drug-likeness (QED) is 0.823. The van der Waals surface area contributed by atoms with E-state index in [0.29, 0.717) is 12.0 Å². The largest absolute Gasteiger partial charge is 0.419 e. The zero-order valence-electron chi connectivity index (χ0n) is 9.93. The van der Waals surface area contributed by atoms with E-state index in [2.05, 4.69) is 5.32 Å². The Hall–Kier alpha value is -1.59. The zero-order valence-corrected chi connectivity index (χ0v) is 9.93. The number of aromatic nitrogens is 1. The Labute approximate surface area is 98.7 Å². The predicted molar refractivity (Wildman–Crippen MR) is 65.0 cm³/mol. The van der Waals surface area contributed by atoms with Crippen LogP contribution < -0.4 is 11.1 Å². The summed E-state index contributed by atoms with van der Waals surface area (Å²) in [5.74, 6) is -0.361. The number of aliphatic hydroxyl groups excluding tert-OH is 1. The van der Waals surface area contributed by atoms with Crippen molar-refractivity contribution in [3.05, 3.63) is 34.3 Å². The van der Waals surface area contributed by atoms with E-state index >= 15 is 0 Å². The highest BCUT2D eigenvalue weighted by atomic mass is 16.4. The molecule has 1 aromatic heterocycles. The maximum atomic E-state index is 11.4. The lowest BCUT2D eigenvalue weighted by Crippen LogP contribution is -2.17. The summed E-state index contributed by atoms with van der Waals surface area (Å²) in [5, 5.41) is 12.1. The van der Waals surface area contributed by atoms with Gasteiger partial charge in [-0.15, -0.1) is 0 Å². The highest BCUT2D eigenvalue weighted by Crippen LogP contribution is 2.21. The molecule has 0 aliphatic rings. The Morgan fingerprint density at radius 3 is 2.94 bits per heavy atom. The maximum Gasteiger partial charge on any atom is 0.419 e. The number of fused-ring (bicyclic) bond motifs is 1. The van der Waals surface area contributed by atoms with Crippen LogP contribution in [-0.2, 0) is 7.05 Å². The Balaban J connectivity index is 2.49. The molecule has 0 aliphatic carbocycles. The van der Waals surface area contributed by atoms with Crippen molar-refractivity contribution in [3.63, 3.8) is 0 Å². The fraction of sp³-hybridized carbons (Fsp3) is 0.417. The van der Waals surface area contributed by atoms with Crippen molar-refractivity contribution < 1.29 is 9.52 Å². The fourth-order valence-corrected chi connectivity index (χ4v) is 1.97. The molecule has 0 saturated carbocycles. The lowest BCUT2D eigenvalue weighted by atomic mass is 10.0. The minimum atomic E-state index is -0.361. The van der Waals surface area contributed by atoms with Crippen LogP contribution in [0.15, 0.2) is 27.4 Å². The molecule has 5 nitrogen and oxygen atoms in total. The van der Waals surface area contributed by atoms with Gasteiger partial charge in [-0.2, -0.15) is 0 Å². The van der Waals surface area contributed by atoms with Crippen molar-refractivity contribution in [3.8, 4) is 0 Å². The van der Waals surface area contributed by atoms with Gasteiger partial charge in [-0.1, -0.05) is 6.07 Å². The van der Waals surface area contributed by atoms with Gasteiger partial charge < -0.3 is 14.8 Å². The molecule has 1 atom stereocenters. The molecule has 0 radical (unpaired) electrons. The first-order chi connectivity index (χ1) is 8.17. The summed E-state index contributed by atoms with van der Waals surface area (Å²) in [7, 11) is 3.53. The molecule has 1 aromatic carbocycles. The number of hydrogen-bond acceptors (Lipinski definition) is 4. The van der Waals surface area contributed by atoms with Gasteiger partial charge in [0.05, 0.1) is 5.52 Å². The van der Waals surface area contributed by atoms with E-state index in [1.165, 1.54) is 4.57 Å². The van der Waals surface area contributed by atoms with E-state index in [9.17, 15) is 4.79 Å². The molecule has 0 saturated heterocycles. The molecular formula is C12H16N2O3. The van der Waals surface area contributed by atoms with Crippen LogP contribution in [0.1, 0.15) is 18.0 Å². The Kier molecular flexibility index (Phi) is 3.31. The second kappa shape index (κ2) is 4.73. The van der Waals surface area contributed by atoms with Gasteiger partial charge in [0.2, 0.25) is 0 Å². The van der Waals surface area contributed by atoms with Crippen LogP contribution in [0.2, 0.25) is 0 Å². The van der Waals surface area contributed by atoms with Crippen molar-refractivity contribution >= 4 is 11.1 Å². The third-order valence-electron chi connectivity index (χ3n) is 2.98. The van der Waals surface area contributed by atoms with Crippen LogP contribution >= 0.6 is 0 Å². The van der Waals surface area contributed by atoms with Crippen molar-refractivity contribution in [2.45, 2.75) is 12.5 Å². The summed E-state index contributed by atoms with van der Waals surface area (Å²) in [6, 6.07) is 5.68. The average molecular weight is 236 g/mol. The molecular weight excluding hydrogens is 220 g/mol. The first kappa shape index (κ1) is 11.9. The van der Waals surface area contributed by atoms with Gasteiger partial charge >= 0.3 is 5.76 Å². The standard InChI is InChI=1S/C12H16N2O3/c1-13-9(5-6-15)8-3-4-11-10(7-8)14(2)12(16)17-11/h3-4,7,9,13,15H,5-6H2,1-2H3. The zero-order chi connectivity index (χ0) is 12.4. The number of nitrogens with one attached hydrogen (secondary N) is 1. The summed E-state index contributed by atoms with van der Waals surface area (Å²) in [6.07, 6.45) is 0.633. The molecule has 5 heteroatoms. The molecule has 2 N–H and O–H groups in total. The van der Waals surface area contributed by atoms with Gasteiger partial charge in [0, 0.05) is 19.7 Å². The first-order valence-corrected chi connectivity index (χ1v) is 5.55. The monoisotopic (exact) mass is 236 g/mol. The van der Waals surface area contributed by atoms with Gasteiger partial charge in [-0.05, 0) is 31.2 Å². The maximum absolute atomic E-state index is 11.4. The van der Waals surface area contributed by atoms with Gasteiger partial charge in [0.1, 0.15) is 0 Å². The van der Waals surface area contributed by atoms with Crippen LogP contribution in [0, 0.1) is 0 Å². The normalized spacial score (nSPS) is 13.1. The molecule has 92 valence electrons. The van der Waals surface area contributed by atoms with Crippen molar-refractivity contribution in [1.29, 1.82) is 0 Å². The molecule has 1 heterocycles. The minimum Gasteiger partial charge on any atom is -0.408 e. The summed E-state index contributed by atoms with van der Waals surface area (Å²) >= 11 is 0. The molecule has 0 fully saturated rings. The summed E-state index contributed by atoms with van der Waals surface area (Å²) in [6.45, 7) is 0.119. The number of rotatable bonds is 4. The van der Waals surface area contributed by atoms with Gasteiger partial charge in [-0.3, -0.25) is 4.57 Å². The second-order valence-electron chi connectivity index (χ2n) is 4.01. The minimum absolute atomic E-state index is 0.0782. The van der Waals surface area contributed by atoms with E-state index in [4.69, 9.17) is 9.52 Å². The number of aliphatic hydroxyl groups is 1. The van der Waals surface area contributed by atoms with Gasteiger partial charge in [-0.25, -0.2) is 4.79 Å². The number of benzene rings is 1. The van der Waals surface area contributed by atoms with Gasteiger partial charge in [0.25, 0.3) is 0 Å². The highest BCUT2D eigenvalue weighted by molar-refractivity contribution is 5.73. The third-order valence-corrected chi connectivity index (χ3v) is 2.98. The molecule has 0 amide bonds. The van der Waals surface area contributed by atoms with E-state index in [1.807, 2.05) is 19.2 Å². The molecule has 0 aliphatic heterocycles. The van der Waals surface area contributed by atoms with E-state index in [-0.39, 0.29) is 18.4 Å². The van der Waals surface area contributed by atoms with E-state index in [1.54, 1.807) is 13.1 Å². The Bertz CT molecular complexity index is 571. The number of aryl methyl sites for hydroxylation is 1. The summed E-state index contributed by atoms with van der Waals surface area (Å²) in [4.78, 5) is 11.4. The topological polar surface area (TPSA) is 67.4 Å². The van der Waals surface area contributed by atoms with Crippen LogP contribution in [0.5, 0.6) is 0 Å². The Morgan fingerprint density at radius 1 is 1.53 bits per heavy atom. The molecule has 1 unspecified atom stereocenters. The summed E-state index contributed by atoms with van der Waals surface area (Å²) < 4.78 is 6.54. The van der Waals surface area contributed by atoms with Crippen LogP contribution in [0.4, 0.5) is 0 Å². The summed E-state index contributed by atoms with van der Waals surface area (Å²) in [5.41, 5.74) is 2.39. The highest BCUT2D eigenvalue weighted by Gasteiger charge is 2.12. The van der Waals surface area contributed by atoms with Crippen LogP contribution in [-0.4, -0.2) is 23.3 Å². The molecule has 2 aromatic rings. The van der Waals surface area contributed by atoms with Crippen LogP contribution in [0.25, 0.3) is 11.1 Å². The third kappa shape index (κ3) is 2.11. The van der Waals surface area contributed by atoms with Crippen LogP contribution in [0.3, 0.4) is 0 Å². The van der Waals surface area contributed by atoms with Crippen molar-refractivity contribution in [2.24, 2.45) is 7.05 Å². The molecule has 17 heavy (non-hydrogen) atoms.